The quantitative estimate of drug-likeness (QED) is 0.495. The standard InChI is InChI=1S/C24H16F2N4O/c25-16-9-5-14(6-10-16)22-20-21(29-24-27-13-28-30(22)24)18-3-1-2-4-19(18)31-23(20)15-7-11-17(26)12-8-15/h1-13,22-23H,(H,27,28,29)/t22-,23+/m1/s1. The summed E-state index contributed by atoms with van der Waals surface area (Å²) in [6.45, 7) is 0. The first kappa shape index (κ1) is 17.8. The number of nitrogens with zero attached hydrogens (tertiary/aromatic N) is 3. The number of halogens is 2. The fourth-order valence-corrected chi connectivity index (χ4v) is 4.30. The molecule has 0 aliphatic carbocycles. The van der Waals surface area contributed by atoms with Crippen molar-refractivity contribution in [3.63, 3.8) is 0 Å². The highest BCUT2D eigenvalue weighted by Gasteiger charge is 2.40. The number of ether oxygens (including phenoxy) is 1. The highest BCUT2D eigenvalue weighted by atomic mass is 19.1. The summed E-state index contributed by atoms with van der Waals surface area (Å²) >= 11 is 0. The molecule has 0 saturated carbocycles. The number of para-hydroxylation sites is 1. The van der Waals surface area contributed by atoms with E-state index in [0.29, 0.717) is 11.7 Å². The molecule has 2 aliphatic rings. The molecule has 0 radical (unpaired) electrons. The van der Waals surface area contributed by atoms with E-state index in [0.717, 1.165) is 28.0 Å². The van der Waals surface area contributed by atoms with E-state index < -0.39 is 6.10 Å². The van der Waals surface area contributed by atoms with Crippen molar-refractivity contribution in [2.24, 2.45) is 0 Å². The lowest BCUT2D eigenvalue weighted by Gasteiger charge is -2.39. The summed E-state index contributed by atoms with van der Waals surface area (Å²) < 4.78 is 35.5. The van der Waals surface area contributed by atoms with E-state index in [1.807, 2.05) is 24.3 Å². The number of hydrogen-bond acceptors (Lipinski definition) is 4. The van der Waals surface area contributed by atoms with Gasteiger partial charge in [-0.1, -0.05) is 36.4 Å². The van der Waals surface area contributed by atoms with Gasteiger partial charge < -0.3 is 10.1 Å². The zero-order chi connectivity index (χ0) is 20.9. The van der Waals surface area contributed by atoms with E-state index in [1.165, 1.54) is 30.6 Å². The molecule has 5 nitrogen and oxygen atoms in total. The largest absolute Gasteiger partial charge is 0.480 e. The van der Waals surface area contributed by atoms with Gasteiger partial charge in [-0.25, -0.2) is 13.5 Å². The molecule has 0 saturated heterocycles. The van der Waals surface area contributed by atoms with Crippen molar-refractivity contribution < 1.29 is 13.5 Å². The predicted molar refractivity (Wildman–Crippen MR) is 111 cm³/mol. The first-order chi connectivity index (χ1) is 15.2. The van der Waals surface area contributed by atoms with Crippen molar-refractivity contribution in [3.05, 3.63) is 113 Å². The van der Waals surface area contributed by atoms with Crippen LogP contribution in [0.5, 0.6) is 5.75 Å². The fraction of sp³-hybridized carbons (Fsp3) is 0.0833. The van der Waals surface area contributed by atoms with Crippen LogP contribution in [0.3, 0.4) is 0 Å². The third-order valence-corrected chi connectivity index (χ3v) is 5.68. The second kappa shape index (κ2) is 6.77. The van der Waals surface area contributed by atoms with Gasteiger partial charge in [-0.15, -0.1) is 0 Å². The van der Waals surface area contributed by atoms with Crippen molar-refractivity contribution >= 4 is 11.6 Å². The molecular formula is C24H16F2N4O. The Hall–Kier alpha value is -4.00. The van der Waals surface area contributed by atoms with E-state index >= 15 is 0 Å². The Labute approximate surface area is 176 Å². The van der Waals surface area contributed by atoms with Crippen molar-refractivity contribution in [2.75, 3.05) is 5.32 Å². The van der Waals surface area contributed by atoms with E-state index in [1.54, 1.807) is 28.9 Å². The zero-order valence-electron chi connectivity index (χ0n) is 16.2. The molecule has 2 aliphatic heterocycles. The molecule has 6 rings (SSSR count). The summed E-state index contributed by atoms with van der Waals surface area (Å²) in [5.74, 6) is 0.673. The maximum absolute atomic E-state index is 13.7. The summed E-state index contributed by atoms with van der Waals surface area (Å²) in [6.07, 6.45) is 0.988. The van der Waals surface area contributed by atoms with Crippen molar-refractivity contribution in [1.29, 1.82) is 0 Å². The number of fused-ring (bicyclic) bond motifs is 3. The van der Waals surface area contributed by atoms with E-state index in [9.17, 15) is 8.78 Å². The predicted octanol–water partition coefficient (Wildman–Crippen LogP) is 5.12. The van der Waals surface area contributed by atoms with Crippen LogP contribution in [0.15, 0.2) is 84.7 Å². The maximum Gasteiger partial charge on any atom is 0.226 e. The van der Waals surface area contributed by atoms with Crippen LogP contribution in [0.1, 0.15) is 28.8 Å². The summed E-state index contributed by atoms with van der Waals surface area (Å²) in [5.41, 5.74) is 4.32. The third-order valence-electron chi connectivity index (χ3n) is 5.68. The Morgan fingerprint density at radius 1 is 0.839 bits per heavy atom. The first-order valence-corrected chi connectivity index (χ1v) is 9.86. The second-order valence-electron chi connectivity index (χ2n) is 7.48. The molecule has 31 heavy (non-hydrogen) atoms. The SMILES string of the molecule is Fc1ccc([C@@H]2Oc3ccccc3C3=C2[C@@H](c2ccc(F)cc2)n2ncnc2N3)cc1. The number of nitrogens with one attached hydrogen (secondary N) is 1. The molecule has 2 atom stereocenters. The second-order valence-corrected chi connectivity index (χ2v) is 7.48. The normalized spacial score (nSPS) is 19.0. The van der Waals surface area contributed by atoms with Crippen LogP contribution < -0.4 is 10.1 Å². The number of anilines is 1. The molecule has 3 heterocycles. The van der Waals surface area contributed by atoms with Crippen molar-refractivity contribution in [2.45, 2.75) is 12.1 Å². The third kappa shape index (κ3) is 2.81. The van der Waals surface area contributed by atoms with Gasteiger partial charge in [0.2, 0.25) is 5.95 Å². The van der Waals surface area contributed by atoms with Gasteiger partial charge in [-0.05, 0) is 47.5 Å². The molecule has 0 amide bonds. The van der Waals surface area contributed by atoms with Crippen LogP contribution in [-0.4, -0.2) is 14.8 Å². The average molecular weight is 414 g/mol. The molecule has 0 spiro atoms. The molecule has 4 aromatic rings. The molecule has 7 heteroatoms. The molecule has 1 N–H and O–H groups in total. The van der Waals surface area contributed by atoms with E-state index in [4.69, 9.17) is 4.74 Å². The molecule has 0 fully saturated rings. The summed E-state index contributed by atoms with van der Waals surface area (Å²) in [6, 6.07) is 20.0. The van der Waals surface area contributed by atoms with Crippen LogP contribution in [0, 0.1) is 11.6 Å². The van der Waals surface area contributed by atoms with Crippen LogP contribution in [0.25, 0.3) is 5.70 Å². The summed E-state index contributed by atoms with van der Waals surface area (Å²) in [5, 5.41) is 7.82. The molecule has 152 valence electrons. The average Bonchev–Trinajstić information content (AvgIpc) is 3.27. The zero-order valence-corrected chi connectivity index (χ0v) is 16.2. The number of hydrogen-bond donors (Lipinski definition) is 1. The van der Waals surface area contributed by atoms with Crippen molar-refractivity contribution in [1.82, 2.24) is 14.8 Å². The number of benzene rings is 3. The Bertz CT molecular complexity index is 1310. The molecule has 0 bridgehead atoms. The van der Waals surface area contributed by atoms with Gasteiger partial charge in [0, 0.05) is 11.1 Å². The van der Waals surface area contributed by atoms with Gasteiger partial charge in [0.05, 0.1) is 5.70 Å². The van der Waals surface area contributed by atoms with Gasteiger partial charge in [0.1, 0.15) is 35.9 Å². The van der Waals surface area contributed by atoms with Gasteiger partial charge in [-0.3, -0.25) is 0 Å². The van der Waals surface area contributed by atoms with Gasteiger partial charge in [0.25, 0.3) is 0 Å². The highest BCUT2D eigenvalue weighted by Crippen LogP contribution is 2.50. The van der Waals surface area contributed by atoms with Crippen LogP contribution in [-0.2, 0) is 0 Å². The summed E-state index contributed by atoms with van der Waals surface area (Å²) in [7, 11) is 0. The van der Waals surface area contributed by atoms with Gasteiger partial charge in [0.15, 0.2) is 0 Å². The Morgan fingerprint density at radius 2 is 1.52 bits per heavy atom. The Morgan fingerprint density at radius 3 is 2.26 bits per heavy atom. The van der Waals surface area contributed by atoms with E-state index in [-0.39, 0.29) is 17.7 Å². The molecule has 3 aromatic carbocycles. The minimum Gasteiger partial charge on any atom is -0.480 e. The van der Waals surface area contributed by atoms with Crippen LogP contribution in [0.2, 0.25) is 0 Å². The Balaban J connectivity index is 1.62. The summed E-state index contributed by atoms with van der Waals surface area (Å²) in [4.78, 5) is 4.37. The molecule has 0 unspecified atom stereocenters. The smallest absolute Gasteiger partial charge is 0.226 e. The van der Waals surface area contributed by atoms with Gasteiger partial charge >= 0.3 is 0 Å². The molecular weight excluding hydrogens is 398 g/mol. The van der Waals surface area contributed by atoms with Crippen LogP contribution >= 0.6 is 0 Å². The number of rotatable bonds is 2. The lowest BCUT2D eigenvalue weighted by Crippen LogP contribution is -2.32. The lowest BCUT2D eigenvalue weighted by molar-refractivity contribution is 0.223. The van der Waals surface area contributed by atoms with Crippen molar-refractivity contribution in [3.8, 4) is 5.75 Å². The van der Waals surface area contributed by atoms with Crippen LogP contribution in [0.4, 0.5) is 14.7 Å². The highest BCUT2D eigenvalue weighted by molar-refractivity contribution is 5.85. The number of aromatic nitrogens is 3. The minimum atomic E-state index is -0.495. The fourth-order valence-electron chi connectivity index (χ4n) is 4.30. The maximum atomic E-state index is 13.7. The lowest BCUT2D eigenvalue weighted by atomic mass is 9.84. The monoisotopic (exact) mass is 414 g/mol. The van der Waals surface area contributed by atoms with Gasteiger partial charge in [-0.2, -0.15) is 10.1 Å². The minimum absolute atomic E-state index is 0.314. The first-order valence-electron chi connectivity index (χ1n) is 9.86. The Kier molecular flexibility index (Phi) is 3.89. The molecule has 1 aromatic heterocycles. The topological polar surface area (TPSA) is 52.0 Å². The van der Waals surface area contributed by atoms with E-state index in [2.05, 4.69) is 15.4 Å².